The molecule has 0 aliphatic carbocycles. The summed E-state index contributed by atoms with van der Waals surface area (Å²) in [5.74, 6) is 0.734. The van der Waals surface area contributed by atoms with Crippen molar-refractivity contribution in [3.63, 3.8) is 0 Å². The highest BCUT2D eigenvalue weighted by Gasteiger charge is 2.27. The van der Waals surface area contributed by atoms with E-state index in [4.69, 9.17) is 11.6 Å². The van der Waals surface area contributed by atoms with Crippen molar-refractivity contribution in [3.8, 4) is 0 Å². The molecular formula is C24H29ClN4O2. The highest BCUT2D eigenvalue weighted by Crippen LogP contribution is 2.26. The van der Waals surface area contributed by atoms with Crippen LogP contribution in [-0.4, -0.2) is 47.4 Å². The number of anilines is 1. The monoisotopic (exact) mass is 440 g/mol. The van der Waals surface area contributed by atoms with Crippen LogP contribution in [0.2, 0.25) is 5.02 Å². The Balaban J connectivity index is 1.10. The first-order valence-corrected chi connectivity index (χ1v) is 11.5. The Morgan fingerprint density at radius 1 is 1.16 bits per heavy atom. The molecule has 7 heteroatoms. The van der Waals surface area contributed by atoms with E-state index in [-0.39, 0.29) is 17.9 Å². The van der Waals surface area contributed by atoms with E-state index in [0.29, 0.717) is 29.5 Å². The Morgan fingerprint density at radius 2 is 1.97 bits per heavy atom. The van der Waals surface area contributed by atoms with Gasteiger partial charge in [-0.25, -0.2) is 0 Å². The summed E-state index contributed by atoms with van der Waals surface area (Å²) >= 11 is 6.17. The van der Waals surface area contributed by atoms with Gasteiger partial charge in [0.15, 0.2) is 0 Å². The summed E-state index contributed by atoms with van der Waals surface area (Å²) in [4.78, 5) is 31.1. The first-order valence-electron chi connectivity index (χ1n) is 11.1. The minimum atomic E-state index is -0.195. The summed E-state index contributed by atoms with van der Waals surface area (Å²) in [5.41, 5.74) is 2.70. The molecule has 4 rings (SSSR count). The normalized spacial score (nSPS) is 18.4. The summed E-state index contributed by atoms with van der Waals surface area (Å²) in [6.07, 6.45) is 9.52. The molecule has 1 saturated heterocycles. The number of unbranched alkanes of at least 4 members (excludes halogenated alkanes) is 1. The molecule has 1 atom stereocenters. The van der Waals surface area contributed by atoms with Crippen LogP contribution >= 0.6 is 11.6 Å². The molecule has 2 aromatic rings. The number of piperidine rings is 1. The lowest BCUT2D eigenvalue weighted by Gasteiger charge is -2.32. The van der Waals surface area contributed by atoms with E-state index in [1.54, 1.807) is 18.3 Å². The van der Waals surface area contributed by atoms with Crippen LogP contribution in [0.3, 0.4) is 0 Å². The number of nitrogens with one attached hydrogen (secondary N) is 2. The molecule has 1 aromatic heterocycles. The second kappa shape index (κ2) is 10.1. The van der Waals surface area contributed by atoms with Crippen molar-refractivity contribution >= 4 is 29.1 Å². The molecule has 6 nitrogen and oxygen atoms in total. The van der Waals surface area contributed by atoms with E-state index in [2.05, 4.69) is 15.6 Å². The topological polar surface area (TPSA) is 74.3 Å². The van der Waals surface area contributed by atoms with Crippen LogP contribution in [0.25, 0.3) is 0 Å². The number of amides is 2. The van der Waals surface area contributed by atoms with Crippen LogP contribution in [0.5, 0.6) is 0 Å². The number of carbonyl (C=O) groups excluding carboxylic acids is 2. The number of pyridine rings is 1. The van der Waals surface area contributed by atoms with Gasteiger partial charge in [-0.05, 0) is 48.9 Å². The first-order chi connectivity index (χ1) is 15.1. The van der Waals surface area contributed by atoms with Crippen molar-refractivity contribution in [1.82, 2.24) is 15.2 Å². The van der Waals surface area contributed by atoms with Gasteiger partial charge in [0.25, 0.3) is 5.91 Å². The molecule has 2 amide bonds. The molecule has 0 spiro atoms. The lowest BCUT2D eigenvalue weighted by molar-refractivity contribution is -0.121. The number of benzene rings is 1. The molecular weight excluding hydrogens is 412 g/mol. The first kappa shape index (κ1) is 21.6. The minimum absolute atomic E-state index is 0.0326. The molecule has 1 unspecified atom stereocenters. The SMILES string of the molecule is O=C(NCCCCC1CCN(C(=O)c2ccccc2Cl)CC1)C1Cc2cnccc2N1. The molecule has 2 aliphatic heterocycles. The van der Waals surface area contributed by atoms with Gasteiger partial charge in [-0.1, -0.05) is 36.6 Å². The number of aromatic nitrogens is 1. The van der Waals surface area contributed by atoms with Crippen molar-refractivity contribution < 1.29 is 9.59 Å². The third-order valence-electron chi connectivity index (χ3n) is 6.32. The zero-order chi connectivity index (χ0) is 21.6. The number of nitrogens with zero attached hydrogens (tertiary/aromatic N) is 2. The maximum atomic E-state index is 12.7. The fourth-order valence-electron chi connectivity index (χ4n) is 4.47. The van der Waals surface area contributed by atoms with Gasteiger partial charge < -0.3 is 15.5 Å². The molecule has 1 fully saturated rings. The van der Waals surface area contributed by atoms with E-state index >= 15 is 0 Å². The zero-order valence-electron chi connectivity index (χ0n) is 17.6. The van der Waals surface area contributed by atoms with Crippen molar-refractivity contribution in [1.29, 1.82) is 0 Å². The summed E-state index contributed by atoms with van der Waals surface area (Å²) in [6.45, 7) is 2.28. The van der Waals surface area contributed by atoms with E-state index < -0.39 is 0 Å². The molecule has 0 bridgehead atoms. The van der Waals surface area contributed by atoms with Gasteiger partial charge in [-0.2, -0.15) is 0 Å². The number of rotatable bonds is 7. The van der Waals surface area contributed by atoms with E-state index in [1.165, 1.54) is 0 Å². The fourth-order valence-corrected chi connectivity index (χ4v) is 4.69. The fraction of sp³-hybridized carbons (Fsp3) is 0.458. The van der Waals surface area contributed by atoms with Crippen LogP contribution in [-0.2, 0) is 11.2 Å². The third kappa shape index (κ3) is 5.37. The predicted octanol–water partition coefficient (Wildman–Crippen LogP) is 3.91. The molecule has 2 aliphatic rings. The minimum Gasteiger partial charge on any atom is -0.373 e. The van der Waals surface area contributed by atoms with Crippen LogP contribution in [0, 0.1) is 5.92 Å². The number of halogens is 1. The van der Waals surface area contributed by atoms with Gasteiger partial charge in [0, 0.05) is 44.1 Å². The Bertz CT molecular complexity index is 902. The van der Waals surface area contributed by atoms with E-state index in [9.17, 15) is 9.59 Å². The van der Waals surface area contributed by atoms with Crippen molar-refractivity contribution in [2.75, 3.05) is 25.0 Å². The highest BCUT2D eigenvalue weighted by molar-refractivity contribution is 6.33. The Hall–Kier alpha value is -2.60. The number of fused-ring (bicyclic) bond motifs is 1. The van der Waals surface area contributed by atoms with E-state index in [0.717, 1.165) is 56.4 Å². The second-order valence-corrected chi connectivity index (χ2v) is 8.84. The van der Waals surface area contributed by atoms with Crippen LogP contribution < -0.4 is 10.6 Å². The highest BCUT2D eigenvalue weighted by atomic mass is 35.5. The van der Waals surface area contributed by atoms with Gasteiger partial charge in [0.05, 0.1) is 10.6 Å². The number of hydrogen-bond donors (Lipinski definition) is 2. The standard InChI is InChI=1S/C24H29ClN4O2/c25-20-7-2-1-6-19(20)24(31)29-13-9-17(10-14-29)5-3-4-11-27-23(30)22-15-18-16-26-12-8-21(18)28-22/h1-2,6-8,12,16-17,22,28H,3-5,9-11,13-15H2,(H,27,30). The van der Waals surface area contributed by atoms with Gasteiger partial charge >= 0.3 is 0 Å². The second-order valence-electron chi connectivity index (χ2n) is 8.44. The van der Waals surface area contributed by atoms with Crippen molar-refractivity contribution in [2.45, 2.75) is 44.6 Å². The molecule has 2 N–H and O–H groups in total. The van der Waals surface area contributed by atoms with Gasteiger partial charge in [0.2, 0.25) is 5.91 Å². The van der Waals surface area contributed by atoms with Gasteiger partial charge in [0.1, 0.15) is 6.04 Å². The van der Waals surface area contributed by atoms with Gasteiger partial charge in [-0.15, -0.1) is 0 Å². The van der Waals surface area contributed by atoms with Crippen molar-refractivity contribution in [2.24, 2.45) is 5.92 Å². The van der Waals surface area contributed by atoms with Gasteiger partial charge in [-0.3, -0.25) is 14.6 Å². The van der Waals surface area contributed by atoms with E-state index in [1.807, 2.05) is 29.3 Å². The summed E-state index contributed by atoms with van der Waals surface area (Å²) in [7, 11) is 0. The maximum Gasteiger partial charge on any atom is 0.255 e. The molecule has 3 heterocycles. The number of likely N-dealkylation sites (tertiary alicyclic amines) is 1. The molecule has 0 radical (unpaired) electrons. The number of hydrogen-bond acceptors (Lipinski definition) is 4. The van der Waals surface area contributed by atoms with Crippen LogP contribution in [0.15, 0.2) is 42.7 Å². The zero-order valence-corrected chi connectivity index (χ0v) is 18.4. The molecule has 164 valence electrons. The van der Waals surface area contributed by atoms with Crippen molar-refractivity contribution in [3.05, 3.63) is 58.9 Å². The summed E-state index contributed by atoms with van der Waals surface area (Å²) in [5, 5.41) is 6.84. The molecule has 0 saturated carbocycles. The average molecular weight is 441 g/mol. The average Bonchev–Trinajstić information content (AvgIpc) is 3.23. The summed E-state index contributed by atoms with van der Waals surface area (Å²) < 4.78 is 0. The van der Waals surface area contributed by atoms with Crippen LogP contribution in [0.4, 0.5) is 5.69 Å². The quantitative estimate of drug-likeness (QED) is 0.640. The molecule has 31 heavy (non-hydrogen) atoms. The Labute approximate surface area is 188 Å². The molecule has 1 aromatic carbocycles. The number of carbonyl (C=O) groups is 2. The smallest absolute Gasteiger partial charge is 0.255 e. The maximum absolute atomic E-state index is 12.7. The Morgan fingerprint density at radius 3 is 2.74 bits per heavy atom. The predicted molar refractivity (Wildman–Crippen MR) is 122 cm³/mol. The summed E-state index contributed by atoms with van der Waals surface area (Å²) in [6, 6.07) is 8.97. The largest absolute Gasteiger partial charge is 0.373 e. The lowest BCUT2D eigenvalue weighted by Crippen LogP contribution is -2.39. The lowest BCUT2D eigenvalue weighted by atomic mass is 9.91. The Kier molecular flexibility index (Phi) is 7.07. The van der Waals surface area contributed by atoms with Crippen LogP contribution in [0.1, 0.15) is 48.0 Å². The third-order valence-corrected chi connectivity index (χ3v) is 6.65.